The van der Waals surface area contributed by atoms with Crippen LogP contribution in [0, 0.1) is 0 Å². The average molecular weight is 330 g/mol. The lowest BCUT2D eigenvalue weighted by atomic mass is 10.2. The van der Waals surface area contributed by atoms with Crippen molar-refractivity contribution in [2.24, 2.45) is 10.2 Å². The van der Waals surface area contributed by atoms with Gasteiger partial charge < -0.3 is 20.4 Å². The lowest BCUT2D eigenvalue weighted by Gasteiger charge is -2.29. The number of quaternary nitrogens is 2. The maximum absolute atomic E-state index is 11.9. The Labute approximate surface area is 138 Å². The fraction of sp³-hybridized carbons (Fsp3) is 0.733. The van der Waals surface area contributed by atoms with Crippen LogP contribution in [0.1, 0.15) is 19.8 Å². The van der Waals surface area contributed by atoms with E-state index in [0.717, 1.165) is 0 Å². The predicted octanol–water partition coefficient (Wildman–Crippen LogP) is -1.81. The number of hydrogen-bond donors (Lipinski definition) is 2. The van der Waals surface area contributed by atoms with E-state index in [1.54, 1.807) is 35.1 Å². The molecule has 0 spiro atoms. The van der Waals surface area contributed by atoms with E-state index in [9.17, 15) is 20.4 Å². The molecular weight excluding hydrogens is 300 g/mol. The normalized spacial score (nSPS) is 17.0. The van der Waals surface area contributed by atoms with Crippen molar-refractivity contribution in [1.29, 1.82) is 0 Å². The first-order chi connectivity index (χ1) is 10.4. The van der Waals surface area contributed by atoms with Crippen molar-refractivity contribution in [1.82, 2.24) is 0 Å². The van der Waals surface area contributed by atoms with E-state index in [-0.39, 0.29) is 34.5 Å². The van der Waals surface area contributed by atoms with Crippen molar-refractivity contribution >= 4 is 11.8 Å². The summed E-state index contributed by atoms with van der Waals surface area (Å²) in [5.41, 5.74) is 0. The summed E-state index contributed by atoms with van der Waals surface area (Å²) in [5, 5.41) is 50.7. The molecule has 0 aromatic rings. The number of aliphatic hydroxyl groups is 2. The van der Waals surface area contributed by atoms with Gasteiger partial charge in [0.1, 0.15) is 25.3 Å². The number of rotatable bonds is 10. The van der Waals surface area contributed by atoms with Gasteiger partial charge in [0.25, 0.3) is 0 Å². The van der Waals surface area contributed by atoms with Crippen LogP contribution in [0.4, 0.5) is 0 Å². The van der Waals surface area contributed by atoms with E-state index in [1.165, 1.54) is 6.08 Å². The van der Waals surface area contributed by atoms with Crippen molar-refractivity contribution in [3.63, 3.8) is 0 Å². The summed E-state index contributed by atoms with van der Waals surface area (Å²) in [4.78, 5) is 0. The molecule has 8 heteroatoms. The molecule has 0 bridgehead atoms. The summed E-state index contributed by atoms with van der Waals surface area (Å²) in [6.45, 7) is 5.51. The SMILES string of the molecule is C=CC/C([O-])=N/[N+](C)(C)CC(O)C/C([O-])=N/[N+](C)(C)CC(C)O. The smallest absolute Gasteiger partial charge is 0.129 e. The number of likely N-dealkylation sites (N-methyl/N-ethyl adjacent to an activating group) is 2. The second-order valence-corrected chi connectivity index (χ2v) is 6.79. The number of hydrogen-bond acceptors (Lipinski definition) is 6. The topological polar surface area (TPSA) is 111 Å². The fourth-order valence-electron chi connectivity index (χ4n) is 2.32. The molecule has 0 aliphatic heterocycles. The van der Waals surface area contributed by atoms with E-state index in [0.29, 0.717) is 6.54 Å². The molecular formula is C15H30N4O4. The summed E-state index contributed by atoms with van der Waals surface area (Å²) < 4.78 is -0.0866. The maximum Gasteiger partial charge on any atom is 0.129 e. The summed E-state index contributed by atoms with van der Waals surface area (Å²) in [5.74, 6) is -0.788. The Hall–Kier alpha value is -1.48. The van der Waals surface area contributed by atoms with Crippen molar-refractivity contribution in [3.05, 3.63) is 12.7 Å². The van der Waals surface area contributed by atoms with Gasteiger partial charge in [0.05, 0.1) is 28.2 Å². The van der Waals surface area contributed by atoms with Gasteiger partial charge in [0, 0.05) is 18.2 Å². The summed E-state index contributed by atoms with van der Waals surface area (Å²) in [6, 6.07) is 0. The molecule has 0 rings (SSSR count). The summed E-state index contributed by atoms with van der Waals surface area (Å²) >= 11 is 0. The third-order valence-corrected chi connectivity index (χ3v) is 2.86. The molecule has 0 radical (unpaired) electrons. The lowest BCUT2D eigenvalue weighted by Crippen LogP contribution is -2.45. The van der Waals surface area contributed by atoms with Gasteiger partial charge >= 0.3 is 0 Å². The average Bonchev–Trinajstić information content (AvgIpc) is 2.22. The van der Waals surface area contributed by atoms with Crippen molar-refractivity contribution in [3.8, 4) is 0 Å². The van der Waals surface area contributed by atoms with Gasteiger partial charge in [-0.3, -0.25) is 0 Å². The van der Waals surface area contributed by atoms with E-state index >= 15 is 0 Å². The third-order valence-electron chi connectivity index (χ3n) is 2.86. The van der Waals surface area contributed by atoms with E-state index < -0.39 is 18.1 Å². The number of aliphatic hydroxyl groups excluding tert-OH is 2. The zero-order chi connectivity index (χ0) is 18.3. The minimum Gasteiger partial charge on any atom is -0.858 e. The molecule has 2 N–H and O–H groups in total. The highest BCUT2D eigenvalue weighted by molar-refractivity contribution is 5.72. The molecule has 2 atom stereocenters. The first kappa shape index (κ1) is 21.5. The van der Waals surface area contributed by atoms with Gasteiger partial charge in [0.2, 0.25) is 0 Å². The molecule has 8 nitrogen and oxygen atoms in total. The zero-order valence-electron chi connectivity index (χ0n) is 14.8. The molecule has 0 aliphatic carbocycles. The molecule has 134 valence electrons. The van der Waals surface area contributed by atoms with Crippen LogP contribution >= 0.6 is 0 Å². The monoisotopic (exact) mass is 330 g/mol. The van der Waals surface area contributed by atoms with Gasteiger partial charge in [-0.05, 0) is 13.3 Å². The van der Waals surface area contributed by atoms with E-state index in [1.807, 2.05) is 0 Å². The quantitative estimate of drug-likeness (QED) is 0.162. The van der Waals surface area contributed by atoms with Crippen LogP contribution in [0.3, 0.4) is 0 Å². The standard InChI is InChI=1S/C15H30N4O4/c1-7-8-14(22)16-19(5,6)11-13(21)9-15(23)17-18(3,4)10-12(2)20/h7,12-13,20-21H,1,8-11H2,2-6H3. The minimum absolute atomic E-state index is 0.0103. The molecule has 0 amide bonds. The molecule has 0 saturated carbocycles. The van der Waals surface area contributed by atoms with Crippen LogP contribution in [0.5, 0.6) is 0 Å². The molecule has 0 saturated heterocycles. The Balaban J connectivity index is 4.72. The Morgan fingerprint density at radius 1 is 1.04 bits per heavy atom. The number of nitrogens with zero attached hydrogens (tertiary/aromatic N) is 4. The van der Waals surface area contributed by atoms with Gasteiger partial charge in [-0.15, -0.1) is 16.8 Å². The molecule has 0 heterocycles. The first-order valence-corrected chi connectivity index (χ1v) is 7.52. The van der Waals surface area contributed by atoms with Crippen molar-refractivity contribution in [2.45, 2.75) is 32.0 Å². The molecule has 2 unspecified atom stereocenters. The lowest BCUT2D eigenvalue weighted by molar-refractivity contribution is -0.902. The summed E-state index contributed by atoms with van der Waals surface area (Å²) in [6.07, 6.45) is -0.108. The van der Waals surface area contributed by atoms with Gasteiger partial charge in [-0.2, -0.15) is 0 Å². The van der Waals surface area contributed by atoms with E-state index in [4.69, 9.17) is 0 Å². The van der Waals surface area contributed by atoms with Gasteiger partial charge in [0.15, 0.2) is 0 Å². The maximum atomic E-state index is 11.9. The molecule has 23 heavy (non-hydrogen) atoms. The Kier molecular flexibility index (Phi) is 8.39. The molecule has 0 fully saturated rings. The first-order valence-electron chi connectivity index (χ1n) is 7.52. The second-order valence-electron chi connectivity index (χ2n) is 6.79. The highest BCUT2D eigenvalue weighted by atomic mass is 16.3. The fourth-order valence-corrected chi connectivity index (χ4v) is 2.32. The van der Waals surface area contributed by atoms with Crippen molar-refractivity contribution < 1.29 is 29.6 Å². The Bertz CT molecular complexity index is 445. The second kappa shape index (κ2) is 8.97. The largest absolute Gasteiger partial charge is 0.858 e. The third kappa shape index (κ3) is 10.8. The van der Waals surface area contributed by atoms with Crippen LogP contribution in [0.15, 0.2) is 22.9 Å². The Morgan fingerprint density at radius 2 is 1.52 bits per heavy atom. The molecule has 0 aliphatic rings. The highest BCUT2D eigenvalue weighted by Crippen LogP contribution is 2.07. The van der Waals surface area contributed by atoms with Crippen LogP contribution in [-0.4, -0.2) is 84.7 Å². The van der Waals surface area contributed by atoms with Crippen LogP contribution in [0.2, 0.25) is 0 Å². The minimum atomic E-state index is -0.965. The van der Waals surface area contributed by atoms with Crippen LogP contribution in [-0.2, 0) is 0 Å². The molecule has 0 aromatic carbocycles. The molecule has 0 aromatic heterocycles. The van der Waals surface area contributed by atoms with Crippen LogP contribution < -0.4 is 10.2 Å². The predicted molar refractivity (Wildman–Crippen MR) is 85.9 cm³/mol. The zero-order valence-corrected chi connectivity index (χ0v) is 14.8. The summed E-state index contributed by atoms with van der Waals surface area (Å²) in [7, 11) is 6.72. The van der Waals surface area contributed by atoms with Gasteiger partial charge in [-0.25, -0.2) is 9.18 Å². The van der Waals surface area contributed by atoms with Gasteiger partial charge in [-0.1, -0.05) is 6.08 Å². The highest BCUT2D eigenvalue weighted by Gasteiger charge is 2.22. The van der Waals surface area contributed by atoms with Crippen molar-refractivity contribution in [2.75, 3.05) is 41.3 Å². The van der Waals surface area contributed by atoms with E-state index in [2.05, 4.69) is 16.8 Å². The van der Waals surface area contributed by atoms with Crippen LogP contribution in [0.25, 0.3) is 0 Å². The Morgan fingerprint density at radius 3 is 2.00 bits per heavy atom.